The van der Waals surface area contributed by atoms with Gasteiger partial charge < -0.3 is 20.1 Å². The molecule has 8 heteroatoms. The molecule has 152 valence electrons. The van der Waals surface area contributed by atoms with Crippen LogP contribution in [-0.4, -0.2) is 29.1 Å². The summed E-state index contributed by atoms with van der Waals surface area (Å²) in [7, 11) is 3.23. The third-order valence-corrected chi connectivity index (χ3v) is 5.82. The monoisotopic (exact) mass is 474 g/mol. The Morgan fingerprint density at radius 2 is 1.90 bits per heavy atom. The van der Waals surface area contributed by atoms with Gasteiger partial charge in [0.1, 0.15) is 11.5 Å². The van der Waals surface area contributed by atoms with Crippen LogP contribution in [0.25, 0.3) is 0 Å². The van der Waals surface area contributed by atoms with Gasteiger partial charge in [-0.2, -0.15) is 5.10 Å². The molecule has 0 spiro atoms. The predicted octanol–water partition coefficient (Wildman–Crippen LogP) is 5.14. The number of nitrogens with one attached hydrogen (secondary N) is 2. The number of benzene rings is 2. The zero-order chi connectivity index (χ0) is 21.0. The molecule has 3 aromatic rings. The largest absolute Gasteiger partial charge is 0.497 e. The predicted molar refractivity (Wildman–Crippen MR) is 124 cm³/mol. The normalized spacial score (nSPS) is 10.5. The second-order valence-electron chi connectivity index (χ2n) is 6.49. The van der Waals surface area contributed by atoms with Crippen LogP contribution in [0.4, 0.5) is 11.4 Å². The minimum Gasteiger partial charge on any atom is -0.497 e. The van der Waals surface area contributed by atoms with Crippen LogP contribution in [-0.2, 0) is 6.54 Å². The minimum atomic E-state index is 0.472. The summed E-state index contributed by atoms with van der Waals surface area (Å²) in [6.45, 7) is 4.72. The van der Waals surface area contributed by atoms with E-state index in [1.54, 1.807) is 20.3 Å². The number of hydrogen-bond acceptors (Lipinski definition) is 4. The maximum Gasteiger partial charge on any atom is 0.175 e. The molecule has 2 aromatic carbocycles. The second-order valence-corrected chi connectivity index (χ2v) is 7.69. The molecule has 6 nitrogen and oxygen atoms in total. The Bertz CT molecular complexity index is 1040. The lowest BCUT2D eigenvalue weighted by molar-refractivity contribution is 0.395. The van der Waals surface area contributed by atoms with Gasteiger partial charge in [0, 0.05) is 11.8 Å². The summed E-state index contributed by atoms with van der Waals surface area (Å²) in [5, 5.41) is 11.4. The first kappa shape index (κ1) is 21.1. The van der Waals surface area contributed by atoms with Crippen molar-refractivity contribution < 1.29 is 9.47 Å². The molecular formula is C21H23BrN4O2S. The van der Waals surface area contributed by atoms with Gasteiger partial charge in [-0.25, -0.2) is 0 Å². The summed E-state index contributed by atoms with van der Waals surface area (Å²) in [6, 6.07) is 13.6. The van der Waals surface area contributed by atoms with Crippen molar-refractivity contribution in [3.05, 3.63) is 63.9 Å². The average molecular weight is 475 g/mol. The van der Waals surface area contributed by atoms with E-state index < -0.39 is 0 Å². The van der Waals surface area contributed by atoms with Crippen LogP contribution < -0.4 is 20.1 Å². The van der Waals surface area contributed by atoms with Gasteiger partial charge in [-0.15, -0.1) is 0 Å². The van der Waals surface area contributed by atoms with Crippen molar-refractivity contribution in [1.29, 1.82) is 0 Å². The lowest BCUT2D eigenvalue weighted by Gasteiger charge is -2.15. The second kappa shape index (κ2) is 9.28. The first-order chi connectivity index (χ1) is 13.9. The molecule has 0 radical (unpaired) electrons. The number of halogens is 1. The van der Waals surface area contributed by atoms with Crippen LogP contribution in [0.5, 0.6) is 11.5 Å². The lowest BCUT2D eigenvalue weighted by atomic mass is 10.2. The fourth-order valence-electron chi connectivity index (χ4n) is 2.94. The molecule has 0 saturated carbocycles. The highest BCUT2D eigenvalue weighted by Crippen LogP contribution is 2.29. The van der Waals surface area contributed by atoms with Crippen molar-refractivity contribution in [2.75, 3.05) is 24.9 Å². The van der Waals surface area contributed by atoms with Crippen LogP contribution >= 0.6 is 28.1 Å². The van der Waals surface area contributed by atoms with Gasteiger partial charge in [-0.05, 0) is 71.8 Å². The Morgan fingerprint density at radius 3 is 2.55 bits per heavy atom. The van der Waals surface area contributed by atoms with Gasteiger partial charge in [0.25, 0.3) is 0 Å². The van der Waals surface area contributed by atoms with E-state index in [0.29, 0.717) is 17.4 Å². The molecule has 0 bridgehead atoms. The molecule has 0 atom stereocenters. The maximum atomic E-state index is 5.47. The van der Waals surface area contributed by atoms with Gasteiger partial charge >= 0.3 is 0 Å². The quantitative estimate of drug-likeness (QED) is 0.482. The summed E-state index contributed by atoms with van der Waals surface area (Å²) in [5.74, 6) is 1.37. The molecule has 0 amide bonds. The summed E-state index contributed by atoms with van der Waals surface area (Å²) in [6.07, 6.45) is 0. The van der Waals surface area contributed by atoms with Crippen molar-refractivity contribution in [2.24, 2.45) is 0 Å². The van der Waals surface area contributed by atoms with E-state index in [4.69, 9.17) is 21.7 Å². The SMILES string of the molecule is COc1ccc(NC(=S)Nc2cccc(Cn3nc(C)c(Br)c3C)c2)c(OC)c1. The highest BCUT2D eigenvalue weighted by molar-refractivity contribution is 9.10. The Labute approximate surface area is 184 Å². The Balaban J connectivity index is 1.70. The van der Waals surface area contributed by atoms with Gasteiger partial charge in [-0.1, -0.05) is 12.1 Å². The molecule has 29 heavy (non-hydrogen) atoms. The van der Waals surface area contributed by atoms with Crippen LogP contribution in [0.1, 0.15) is 17.0 Å². The van der Waals surface area contributed by atoms with Crippen LogP contribution in [0.3, 0.4) is 0 Å². The first-order valence-electron chi connectivity index (χ1n) is 8.99. The number of hydrogen-bond donors (Lipinski definition) is 2. The number of ether oxygens (including phenoxy) is 2. The van der Waals surface area contributed by atoms with E-state index in [-0.39, 0.29) is 0 Å². The van der Waals surface area contributed by atoms with Gasteiger partial charge in [0.05, 0.1) is 42.3 Å². The number of thiocarbonyl (C=S) groups is 1. The molecule has 0 aliphatic heterocycles. The highest BCUT2D eigenvalue weighted by Gasteiger charge is 2.10. The fraction of sp³-hybridized carbons (Fsp3) is 0.238. The van der Waals surface area contributed by atoms with E-state index in [2.05, 4.69) is 43.8 Å². The number of anilines is 2. The molecular weight excluding hydrogens is 452 g/mol. The molecule has 0 saturated heterocycles. The fourth-order valence-corrected chi connectivity index (χ4v) is 3.45. The van der Waals surface area contributed by atoms with E-state index >= 15 is 0 Å². The number of nitrogens with zero attached hydrogens (tertiary/aromatic N) is 2. The smallest absolute Gasteiger partial charge is 0.175 e. The number of methoxy groups -OCH3 is 2. The molecule has 0 aliphatic rings. The molecule has 0 unspecified atom stereocenters. The van der Waals surface area contributed by atoms with Gasteiger partial charge in [0.15, 0.2) is 5.11 Å². The summed E-state index contributed by atoms with van der Waals surface area (Å²) < 4.78 is 13.7. The Hall–Kier alpha value is -2.58. The average Bonchev–Trinajstić information content (AvgIpc) is 2.95. The lowest BCUT2D eigenvalue weighted by Crippen LogP contribution is -2.19. The first-order valence-corrected chi connectivity index (χ1v) is 10.2. The highest BCUT2D eigenvalue weighted by atomic mass is 79.9. The zero-order valence-electron chi connectivity index (χ0n) is 16.7. The minimum absolute atomic E-state index is 0.472. The van der Waals surface area contributed by atoms with Gasteiger partial charge in [0.2, 0.25) is 0 Å². The molecule has 0 fully saturated rings. The topological polar surface area (TPSA) is 60.3 Å². The molecule has 1 heterocycles. The van der Waals surface area contributed by atoms with Crippen molar-refractivity contribution in [1.82, 2.24) is 9.78 Å². The van der Waals surface area contributed by atoms with E-state index in [1.807, 2.05) is 42.8 Å². The van der Waals surface area contributed by atoms with Gasteiger partial charge in [-0.3, -0.25) is 4.68 Å². The Kier molecular flexibility index (Phi) is 6.76. The molecule has 2 N–H and O–H groups in total. The van der Waals surface area contributed by atoms with Crippen LogP contribution in [0.15, 0.2) is 46.9 Å². The molecule has 3 rings (SSSR count). The molecule has 0 aliphatic carbocycles. The summed E-state index contributed by atoms with van der Waals surface area (Å²) in [5.41, 5.74) is 4.86. The third kappa shape index (κ3) is 5.07. The standard InChI is InChI=1S/C21H23BrN4O2S/c1-13-20(22)14(2)26(25-13)12-15-6-5-7-16(10-15)23-21(29)24-18-9-8-17(27-3)11-19(18)28-4/h5-11H,12H2,1-4H3,(H2,23,24,29). The third-order valence-electron chi connectivity index (χ3n) is 4.47. The van der Waals surface area contributed by atoms with Crippen molar-refractivity contribution in [2.45, 2.75) is 20.4 Å². The van der Waals surface area contributed by atoms with Crippen molar-refractivity contribution in [3.63, 3.8) is 0 Å². The Morgan fingerprint density at radius 1 is 1.10 bits per heavy atom. The number of aryl methyl sites for hydroxylation is 1. The molecule has 1 aromatic heterocycles. The van der Waals surface area contributed by atoms with E-state index in [9.17, 15) is 0 Å². The van der Waals surface area contributed by atoms with Crippen LogP contribution in [0, 0.1) is 13.8 Å². The van der Waals surface area contributed by atoms with E-state index in [0.717, 1.165) is 38.5 Å². The van der Waals surface area contributed by atoms with Crippen molar-refractivity contribution in [3.8, 4) is 11.5 Å². The van der Waals surface area contributed by atoms with E-state index in [1.165, 1.54) is 0 Å². The zero-order valence-corrected chi connectivity index (χ0v) is 19.1. The number of rotatable bonds is 6. The summed E-state index contributed by atoms with van der Waals surface area (Å²) >= 11 is 9.04. The number of aromatic nitrogens is 2. The van der Waals surface area contributed by atoms with Crippen molar-refractivity contribution >= 4 is 44.6 Å². The maximum absolute atomic E-state index is 5.47. The van der Waals surface area contributed by atoms with Crippen LogP contribution in [0.2, 0.25) is 0 Å². The summed E-state index contributed by atoms with van der Waals surface area (Å²) in [4.78, 5) is 0.